The highest BCUT2D eigenvalue weighted by Crippen LogP contribution is 2.30. The van der Waals surface area contributed by atoms with Crippen molar-refractivity contribution < 1.29 is 22.7 Å². The van der Waals surface area contributed by atoms with E-state index in [1.807, 2.05) is 0 Å². The van der Waals surface area contributed by atoms with Gasteiger partial charge in [0.1, 0.15) is 5.15 Å². The Morgan fingerprint density at radius 3 is 2.65 bits per heavy atom. The van der Waals surface area contributed by atoms with Gasteiger partial charge in [0, 0.05) is 23.2 Å². The third-order valence-electron chi connectivity index (χ3n) is 4.76. The quantitative estimate of drug-likeness (QED) is 0.477. The van der Waals surface area contributed by atoms with Crippen molar-refractivity contribution in [2.45, 2.75) is 25.9 Å². The molecule has 0 bridgehead atoms. The Labute approximate surface area is 190 Å². The average molecular weight is 486 g/mol. The summed E-state index contributed by atoms with van der Waals surface area (Å²) in [6, 6.07) is 6.67. The van der Waals surface area contributed by atoms with Gasteiger partial charge in [-0.1, -0.05) is 35.3 Å². The Hall–Kier alpha value is -2.36. The highest BCUT2D eigenvalue weighted by Gasteiger charge is 2.31. The van der Waals surface area contributed by atoms with Crippen molar-refractivity contribution in [3.05, 3.63) is 57.3 Å². The number of ether oxygens (including phenoxy) is 1. The molecule has 8 nitrogen and oxygen atoms in total. The number of aryl methyl sites for hydroxylation is 1. The first-order valence-electron chi connectivity index (χ1n) is 9.45. The second kappa shape index (κ2) is 9.84. The normalized spacial score (nSPS) is 17.7. The van der Waals surface area contributed by atoms with Crippen LogP contribution in [-0.2, 0) is 30.7 Å². The summed E-state index contributed by atoms with van der Waals surface area (Å²) in [4.78, 5) is 23.8. The highest BCUT2D eigenvalue weighted by molar-refractivity contribution is 7.91. The molecule has 166 valence electrons. The molecule has 0 saturated carbocycles. The summed E-state index contributed by atoms with van der Waals surface area (Å²) in [5.74, 6) is -1.07. The minimum absolute atomic E-state index is 0.00975. The maximum absolute atomic E-state index is 12.0. The number of nitrogens with one attached hydrogen (secondary N) is 1. The lowest BCUT2D eigenvalue weighted by Crippen LogP contribution is -2.28. The van der Waals surface area contributed by atoms with Gasteiger partial charge >= 0.3 is 5.97 Å². The van der Waals surface area contributed by atoms with Gasteiger partial charge in [0.25, 0.3) is 5.91 Å². The van der Waals surface area contributed by atoms with Crippen molar-refractivity contribution in [2.75, 3.05) is 18.1 Å². The first kappa shape index (κ1) is 23.3. The molecule has 1 saturated heterocycles. The van der Waals surface area contributed by atoms with E-state index in [1.165, 1.54) is 10.8 Å². The lowest BCUT2D eigenvalue weighted by Gasteiger charge is -2.09. The maximum atomic E-state index is 12.0. The Morgan fingerprint density at radius 2 is 2.00 bits per heavy atom. The molecule has 1 atom stereocenters. The van der Waals surface area contributed by atoms with E-state index >= 15 is 0 Å². The van der Waals surface area contributed by atoms with Crippen LogP contribution in [0.2, 0.25) is 10.2 Å². The third-order valence-corrected chi connectivity index (χ3v) is 7.14. The van der Waals surface area contributed by atoms with Crippen molar-refractivity contribution >= 4 is 51.0 Å². The van der Waals surface area contributed by atoms with E-state index in [-0.39, 0.29) is 29.2 Å². The van der Waals surface area contributed by atoms with Gasteiger partial charge in [-0.3, -0.25) is 4.79 Å². The number of aromatic nitrogens is 2. The summed E-state index contributed by atoms with van der Waals surface area (Å²) in [5, 5.41) is 7.81. The Bertz CT molecular complexity index is 1110. The molecule has 1 aliphatic heterocycles. The molecule has 1 aromatic heterocycles. The van der Waals surface area contributed by atoms with Crippen LogP contribution >= 0.6 is 23.2 Å². The second-order valence-corrected chi connectivity index (χ2v) is 10.2. The number of nitrogens with zero attached hydrogens (tertiary/aromatic N) is 2. The highest BCUT2D eigenvalue weighted by atomic mass is 35.5. The molecular formula is C20H21Cl2N3O5S. The van der Waals surface area contributed by atoms with Crippen LogP contribution in [0.25, 0.3) is 6.08 Å². The first-order chi connectivity index (χ1) is 14.6. The van der Waals surface area contributed by atoms with Gasteiger partial charge in [-0.25, -0.2) is 17.9 Å². The summed E-state index contributed by atoms with van der Waals surface area (Å²) in [5.41, 5.74) is 1.91. The number of hydrogen-bond donors (Lipinski definition) is 1. The zero-order valence-electron chi connectivity index (χ0n) is 16.7. The smallest absolute Gasteiger partial charge is 0.331 e. The van der Waals surface area contributed by atoms with Crippen LogP contribution in [0.1, 0.15) is 29.3 Å². The predicted molar refractivity (Wildman–Crippen MR) is 118 cm³/mol. The SMILES string of the molecule is Cc1nn([C@H]2CCS(=O)(=O)C2)c(Cl)c1/C=C/C(=O)OCC(=O)NCc1ccc(Cl)cc1. The number of carbonyl (C=O) groups excluding carboxylic acids is 2. The van der Waals surface area contributed by atoms with Gasteiger partial charge in [-0.2, -0.15) is 5.10 Å². The second-order valence-electron chi connectivity index (χ2n) is 7.14. The molecule has 0 radical (unpaired) electrons. The lowest BCUT2D eigenvalue weighted by molar-refractivity contribution is -0.143. The van der Waals surface area contributed by atoms with Crippen LogP contribution in [0.3, 0.4) is 0 Å². The first-order valence-corrected chi connectivity index (χ1v) is 12.0. The number of benzene rings is 1. The van der Waals surface area contributed by atoms with E-state index in [4.69, 9.17) is 27.9 Å². The number of amides is 1. The molecule has 1 N–H and O–H groups in total. The van der Waals surface area contributed by atoms with Crippen molar-refractivity contribution in [3.63, 3.8) is 0 Å². The lowest BCUT2D eigenvalue weighted by atomic mass is 10.2. The molecule has 11 heteroatoms. The van der Waals surface area contributed by atoms with E-state index in [2.05, 4.69) is 10.4 Å². The zero-order chi connectivity index (χ0) is 22.6. The van der Waals surface area contributed by atoms with Crippen LogP contribution < -0.4 is 5.32 Å². The molecule has 31 heavy (non-hydrogen) atoms. The molecule has 3 rings (SSSR count). The molecule has 1 amide bonds. The number of halogens is 2. The number of carbonyl (C=O) groups is 2. The number of rotatable bonds is 7. The van der Waals surface area contributed by atoms with Crippen LogP contribution in [0.15, 0.2) is 30.3 Å². The average Bonchev–Trinajstić information content (AvgIpc) is 3.22. The number of sulfone groups is 1. The summed E-state index contributed by atoms with van der Waals surface area (Å²) >= 11 is 12.2. The van der Waals surface area contributed by atoms with Gasteiger partial charge in [-0.05, 0) is 37.1 Å². The summed E-state index contributed by atoms with van der Waals surface area (Å²) in [7, 11) is -3.09. The molecule has 0 aliphatic carbocycles. The third kappa shape index (κ3) is 6.32. The Balaban J connectivity index is 1.51. The van der Waals surface area contributed by atoms with E-state index in [0.717, 1.165) is 11.6 Å². The van der Waals surface area contributed by atoms with Gasteiger partial charge in [0.2, 0.25) is 0 Å². The van der Waals surface area contributed by atoms with Gasteiger partial charge in [-0.15, -0.1) is 0 Å². The molecule has 1 fully saturated rings. The van der Waals surface area contributed by atoms with E-state index in [9.17, 15) is 18.0 Å². The van der Waals surface area contributed by atoms with E-state index in [0.29, 0.717) is 22.7 Å². The van der Waals surface area contributed by atoms with Gasteiger partial charge < -0.3 is 10.1 Å². The predicted octanol–water partition coefficient (Wildman–Crippen LogP) is 2.73. The topological polar surface area (TPSA) is 107 Å². The number of hydrogen-bond acceptors (Lipinski definition) is 6. The van der Waals surface area contributed by atoms with Crippen LogP contribution in [0.4, 0.5) is 0 Å². The van der Waals surface area contributed by atoms with Crippen LogP contribution in [0, 0.1) is 6.92 Å². The number of esters is 1. The van der Waals surface area contributed by atoms with Crippen molar-refractivity contribution in [1.29, 1.82) is 0 Å². The summed E-state index contributed by atoms with van der Waals surface area (Å²) in [6.45, 7) is 1.57. The molecular weight excluding hydrogens is 465 g/mol. The van der Waals surface area contributed by atoms with Gasteiger partial charge in [0.05, 0.1) is 23.2 Å². The van der Waals surface area contributed by atoms with Crippen molar-refractivity contribution in [2.24, 2.45) is 0 Å². The summed E-state index contributed by atoms with van der Waals surface area (Å²) in [6.07, 6.45) is 3.04. The van der Waals surface area contributed by atoms with Crippen LogP contribution in [-0.4, -0.2) is 48.2 Å². The fourth-order valence-corrected chi connectivity index (χ4v) is 5.32. The molecule has 0 unspecified atom stereocenters. The largest absolute Gasteiger partial charge is 0.452 e. The monoisotopic (exact) mass is 485 g/mol. The van der Waals surface area contributed by atoms with Crippen molar-refractivity contribution in [3.8, 4) is 0 Å². The Morgan fingerprint density at radius 1 is 1.29 bits per heavy atom. The molecule has 1 aromatic carbocycles. The molecule has 0 spiro atoms. The van der Waals surface area contributed by atoms with Crippen LogP contribution in [0.5, 0.6) is 0 Å². The standard InChI is InChI=1S/C20H21Cl2N3O5S/c1-13-17(20(22)25(24-13)16-8-9-31(28,29)12-16)6-7-19(27)30-11-18(26)23-10-14-2-4-15(21)5-3-14/h2-7,16H,8-12H2,1H3,(H,23,26)/b7-6+/t16-/m0/s1. The molecule has 1 aliphatic rings. The van der Waals surface area contributed by atoms with Crippen molar-refractivity contribution in [1.82, 2.24) is 15.1 Å². The van der Waals surface area contributed by atoms with Gasteiger partial charge in [0.15, 0.2) is 16.4 Å². The molecule has 2 aromatic rings. The molecule has 2 heterocycles. The Kier molecular flexibility index (Phi) is 7.40. The van der Waals surface area contributed by atoms with E-state index < -0.39 is 28.3 Å². The van der Waals surface area contributed by atoms with E-state index in [1.54, 1.807) is 31.2 Å². The summed E-state index contributed by atoms with van der Waals surface area (Å²) < 4.78 is 29.8. The minimum Gasteiger partial charge on any atom is -0.452 e. The fraction of sp³-hybridized carbons (Fsp3) is 0.350. The fourth-order valence-electron chi connectivity index (χ4n) is 3.12. The minimum atomic E-state index is -3.09. The zero-order valence-corrected chi connectivity index (χ0v) is 19.0. The maximum Gasteiger partial charge on any atom is 0.331 e.